The van der Waals surface area contributed by atoms with Crippen molar-refractivity contribution in [2.75, 3.05) is 17.2 Å². The van der Waals surface area contributed by atoms with Gasteiger partial charge in [-0.3, -0.25) is 9.59 Å². The molecule has 132 valence electrons. The zero-order valence-corrected chi connectivity index (χ0v) is 16.2. The summed E-state index contributed by atoms with van der Waals surface area (Å²) in [5.41, 5.74) is 1.44. The van der Waals surface area contributed by atoms with Crippen molar-refractivity contribution in [3.63, 3.8) is 0 Å². The molecule has 0 saturated heterocycles. The van der Waals surface area contributed by atoms with Gasteiger partial charge < -0.3 is 15.4 Å². The number of halogens is 2. The summed E-state index contributed by atoms with van der Waals surface area (Å²) in [4.78, 5) is 24.0. The topological polar surface area (TPSA) is 67.4 Å². The Morgan fingerprint density at radius 2 is 1.88 bits per heavy atom. The van der Waals surface area contributed by atoms with Gasteiger partial charge in [0.2, 0.25) is 5.91 Å². The Labute approximate surface area is 159 Å². The molecule has 0 bridgehead atoms. The Bertz CT molecular complexity index is 796. The first kappa shape index (κ1) is 19.3. The predicted molar refractivity (Wildman–Crippen MR) is 104 cm³/mol. The number of ether oxygens (including phenoxy) is 1. The van der Waals surface area contributed by atoms with Gasteiger partial charge in [-0.25, -0.2) is 0 Å². The molecular formula is C18H18BrClN2O3. The van der Waals surface area contributed by atoms with Crippen molar-refractivity contribution in [3.05, 3.63) is 51.5 Å². The lowest BCUT2D eigenvalue weighted by Gasteiger charge is -2.11. The smallest absolute Gasteiger partial charge is 0.255 e. The molecule has 0 aromatic heterocycles. The van der Waals surface area contributed by atoms with Gasteiger partial charge in [0.15, 0.2) is 0 Å². The van der Waals surface area contributed by atoms with E-state index in [2.05, 4.69) is 26.6 Å². The summed E-state index contributed by atoms with van der Waals surface area (Å²) in [6.07, 6.45) is 0.366. The molecule has 0 saturated carbocycles. The molecule has 7 heteroatoms. The highest BCUT2D eigenvalue weighted by atomic mass is 79.9. The summed E-state index contributed by atoms with van der Waals surface area (Å²) in [5, 5.41) is 5.87. The molecule has 0 atom stereocenters. The van der Waals surface area contributed by atoms with Gasteiger partial charge in [-0.2, -0.15) is 0 Å². The van der Waals surface area contributed by atoms with Gasteiger partial charge in [-0.1, -0.05) is 18.5 Å². The first-order valence-corrected chi connectivity index (χ1v) is 8.94. The van der Waals surface area contributed by atoms with E-state index in [0.717, 1.165) is 0 Å². The van der Waals surface area contributed by atoms with E-state index < -0.39 is 0 Å². The maximum absolute atomic E-state index is 12.5. The maximum atomic E-state index is 12.5. The van der Waals surface area contributed by atoms with Crippen LogP contribution in [0.4, 0.5) is 11.4 Å². The minimum absolute atomic E-state index is 0.116. The number of carbonyl (C=O) groups excluding carboxylic acids is 2. The minimum atomic E-state index is -0.315. The Morgan fingerprint density at radius 3 is 2.52 bits per heavy atom. The third kappa shape index (κ3) is 5.21. The molecule has 2 rings (SSSR count). The monoisotopic (exact) mass is 424 g/mol. The molecule has 2 amide bonds. The van der Waals surface area contributed by atoms with E-state index in [4.69, 9.17) is 16.3 Å². The molecule has 0 spiro atoms. The van der Waals surface area contributed by atoms with Gasteiger partial charge in [0.1, 0.15) is 5.75 Å². The van der Waals surface area contributed by atoms with Crippen molar-refractivity contribution in [2.24, 2.45) is 0 Å². The number of benzene rings is 2. The number of carbonyl (C=O) groups is 2. The van der Waals surface area contributed by atoms with Crippen LogP contribution in [-0.2, 0) is 4.79 Å². The van der Waals surface area contributed by atoms with Crippen molar-refractivity contribution in [1.29, 1.82) is 0 Å². The SMILES string of the molecule is CCOc1ccc(C(=O)Nc2cc(NC(=O)CC)ccc2Cl)cc1Br. The van der Waals surface area contributed by atoms with Crippen molar-refractivity contribution in [3.8, 4) is 5.75 Å². The fourth-order valence-electron chi connectivity index (χ4n) is 2.06. The van der Waals surface area contributed by atoms with E-state index in [9.17, 15) is 9.59 Å². The lowest BCUT2D eigenvalue weighted by Crippen LogP contribution is -2.13. The van der Waals surface area contributed by atoms with Crippen molar-refractivity contribution in [1.82, 2.24) is 0 Å². The molecule has 2 aromatic rings. The molecule has 0 aliphatic carbocycles. The van der Waals surface area contributed by atoms with Crippen LogP contribution in [0.1, 0.15) is 30.6 Å². The third-order valence-electron chi connectivity index (χ3n) is 3.31. The predicted octanol–water partition coefficient (Wildman–Crippen LogP) is 5.10. The van der Waals surface area contributed by atoms with Gasteiger partial charge in [-0.05, 0) is 59.3 Å². The van der Waals surface area contributed by atoms with Crippen LogP contribution in [-0.4, -0.2) is 18.4 Å². The average Bonchev–Trinajstić information content (AvgIpc) is 2.59. The van der Waals surface area contributed by atoms with Crippen LogP contribution in [0, 0.1) is 0 Å². The zero-order chi connectivity index (χ0) is 18.4. The second kappa shape index (κ2) is 8.87. The van der Waals surface area contributed by atoms with Crippen LogP contribution in [0.3, 0.4) is 0 Å². The van der Waals surface area contributed by atoms with E-state index in [0.29, 0.717) is 45.2 Å². The molecule has 5 nitrogen and oxygen atoms in total. The summed E-state index contributed by atoms with van der Waals surface area (Å²) >= 11 is 9.52. The summed E-state index contributed by atoms with van der Waals surface area (Å²) < 4.78 is 6.12. The standard InChI is InChI=1S/C18H18BrClN2O3/c1-3-17(23)21-12-6-7-14(20)15(10-12)22-18(24)11-5-8-16(25-4-2)13(19)9-11/h5-10H,3-4H2,1-2H3,(H,21,23)(H,22,24). The Hall–Kier alpha value is -2.05. The summed E-state index contributed by atoms with van der Waals surface area (Å²) in [6, 6.07) is 9.99. The van der Waals surface area contributed by atoms with E-state index in [1.165, 1.54) is 0 Å². The normalized spacial score (nSPS) is 10.2. The molecule has 0 aliphatic heterocycles. The van der Waals surface area contributed by atoms with E-state index in [1.54, 1.807) is 43.3 Å². The molecule has 2 N–H and O–H groups in total. The first-order chi connectivity index (χ1) is 11.9. The van der Waals surface area contributed by atoms with Crippen molar-refractivity contribution < 1.29 is 14.3 Å². The minimum Gasteiger partial charge on any atom is -0.493 e. The molecule has 0 aliphatic rings. The van der Waals surface area contributed by atoms with Crippen molar-refractivity contribution >= 4 is 50.7 Å². The van der Waals surface area contributed by atoms with E-state index in [-0.39, 0.29) is 11.8 Å². The number of nitrogens with one attached hydrogen (secondary N) is 2. The highest BCUT2D eigenvalue weighted by Gasteiger charge is 2.12. The molecular weight excluding hydrogens is 408 g/mol. The second-order valence-electron chi connectivity index (χ2n) is 5.13. The number of anilines is 2. The quantitative estimate of drug-likeness (QED) is 0.676. The zero-order valence-electron chi connectivity index (χ0n) is 13.9. The Balaban J connectivity index is 2.18. The fourth-order valence-corrected chi connectivity index (χ4v) is 2.72. The van der Waals surface area contributed by atoms with Crippen LogP contribution < -0.4 is 15.4 Å². The lowest BCUT2D eigenvalue weighted by molar-refractivity contribution is -0.115. The van der Waals surface area contributed by atoms with Gasteiger partial charge in [0.25, 0.3) is 5.91 Å². The number of hydrogen-bond donors (Lipinski definition) is 2. The van der Waals surface area contributed by atoms with Gasteiger partial charge in [-0.15, -0.1) is 0 Å². The molecule has 2 aromatic carbocycles. The van der Waals surface area contributed by atoms with Crippen LogP contribution in [0.2, 0.25) is 5.02 Å². The molecule has 0 unspecified atom stereocenters. The fraction of sp³-hybridized carbons (Fsp3) is 0.222. The molecule has 0 fully saturated rings. The van der Waals surface area contributed by atoms with Gasteiger partial charge >= 0.3 is 0 Å². The summed E-state index contributed by atoms with van der Waals surface area (Å²) in [5.74, 6) is 0.237. The molecule has 25 heavy (non-hydrogen) atoms. The number of amides is 2. The Morgan fingerprint density at radius 1 is 1.12 bits per heavy atom. The highest BCUT2D eigenvalue weighted by molar-refractivity contribution is 9.10. The molecule has 0 heterocycles. The summed E-state index contributed by atoms with van der Waals surface area (Å²) in [6.45, 7) is 4.19. The van der Waals surface area contributed by atoms with Crippen LogP contribution >= 0.6 is 27.5 Å². The Kier molecular flexibility index (Phi) is 6.84. The van der Waals surface area contributed by atoms with Crippen LogP contribution in [0.15, 0.2) is 40.9 Å². The van der Waals surface area contributed by atoms with E-state index >= 15 is 0 Å². The van der Waals surface area contributed by atoms with Gasteiger partial charge in [0, 0.05) is 17.7 Å². The average molecular weight is 426 g/mol. The highest BCUT2D eigenvalue weighted by Crippen LogP contribution is 2.28. The second-order valence-corrected chi connectivity index (χ2v) is 6.39. The molecule has 0 radical (unpaired) electrons. The van der Waals surface area contributed by atoms with Crippen LogP contribution in [0.5, 0.6) is 5.75 Å². The van der Waals surface area contributed by atoms with E-state index in [1.807, 2.05) is 6.92 Å². The largest absolute Gasteiger partial charge is 0.493 e. The number of hydrogen-bond acceptors (Lipinski definition) is 3. The summed E-state index contributed by atoms with van der Waals surface area (Å²) in [7, 11) is 0. The van der Waals surface area contributed by atoms with Gasteiger partial charge in [0.05, 0.1) is 21.8 Å². The maximum Gasteiger partial charge on any atom is 0.255 e. The lowest BCUT2D eigenvalue weighted by atomic mass is 10.2. The first-order valence-electron chi connectivity index (χ1n) is 7.77. The number of rotatable bonds is 6. The van der Waals surface area contributed by atoms with Crippen molar-refractivity contribution in [2.45, 2.75) is 20.3 Å². The third-order valence-corrected chi connectivity index (χ3v) is 4.26. The van der Waals surface area contributed by atoms with Crippen LogP contribution in [0.25, 0.3) is 0 Å².